The molecule has 1 aliphatic heterocycles. The summed E-state index contributed by atoms with van der Waals surface area (Å²) in [5.41, 5.74) is 1.27. The zero-order valence-electron chi connectivity index (χ0n) is 17.2. The molecule has 0 saturated carbocycles. The molecule has 2 heterocycles. The summed E-state index contributed by atoms with van der Waals surface area (Å²) in [5, 5.41) is 0.625. The van der Waals surface area contributed by atoms with Crippen LogP contribution in [-0.2, 0) is 4.74 Å². The third-order valence-electron chi connectivity index (χ3n) is 5.07. The van der Waals surface area contributed by atoms with Crippen LogP contribution in [0, 0.1) is 0 Å². The molecular formula is C22H24N2O5S. The lowest BCUT2D eigenvalue weighted by atomic mass is 10.1. The lowest BCUT2D eigenvalue weighted by Crippen LogP contribution is -2.37. The Morgan fingerprint density at radius 2 is 1.83 bits per heavy atom. The van der Waals surface area contributed by atoms with Gasteiger partial charge in [0.05, 0.1) is 44.2 Å². The summed E-state index contributed by atoms with van der Waals surface area (Å²) in [7, 11) is 4.75. The van der Waals surface area contributed by atoms with Gasteiger partial charge in [0.25, 0.3) is 5.91 Å². The molecule has 3 aromatic rings. The molecular weight excluding hydrogens is 404 g/mol. The molecule has 0 bridgehead atoms. The van der Waals surface area contributed by atoms with Crippen LogP contribution in [0.5, 0.6) is 17.2 Å². The van der Waals surface area contributed by atoms with Crippen molar-refractivity contribution in [1.29, 1.82) is 0 Å². The third-order valence-corrected chi connectivity index (χ3v) is 6.13. The van der Waals surface area contributed by atoms with Gasteiger partial charge in [-0.3, -0.25) is 9.69 Å². The van der Waals surface area contributed by atoms with Crippen LogP contribution >= 0.6 is 11.3 Å². The fourth-order valence-electron chi connectivity index (χ4n) is 3.46. The zero-order valence-corrected chi connectivity index (χ0v) is 18.0. The van der Waals surface area contributed by atoms with E-state index in [1.54, 1.807) is 44.4 Å². The largest absolute Gasteiger partial charge is 0.497 e. The Morgan fingerprint density at radius 3 is 2.47 bits per heavy atom. The highest BCUT2D eigenvalue weighted by Gasteiger charge is 2.27. The molecule has 1 aromatic heterocycles. The van der Waals surface area contributed by atoms with E-state index in [9.17, 15) is 4.79 Å². The average molecular weight is 429 g/mol. The molecule has 0 spiro atoms. The van der Waals surface area contributed by atoms with E-state index in [-0.39, 0.29) is 12.0 Å². The summed E-state index contributed by atoms with van der Waals surface area (Å²) in [6, 6.07) is 10.9. The smallest absolute Gasteiger partial charge is 0.260 e. The first kappa shape index (κ1) is 20.4. The molecule has 158 valence electrons. The van der Waals surface area contributed by atoms with Gasteiger partial charge in [0.2, 0.25) is 0 Å². The third kappa shape index (κ3) is 4.20. The minimum atomic E-state index is -0.172. The molecule has 1 amide bonds. The topological polar surface area (TPSA) is 70.1 Å². The van der Waals surface area contributed by atoms with Gasteiger partial charge in [0, 0.05) is 24.3 Å². The Hall–Kier alpha value is -2.84. The molecule has 1 atom stereocenters. The van der Waals surface area contributed by atoms with Gasteiger partial charge < -0.3 is 18.9 Å². The number of fused-ring (bicyclic) bond motifs is 1. The number of nitrogens with zero attached hydrogens (tertiary/aromatic N) is 2. The Labute approximate surface area is 179 Å². The van der Waals surface area contributed by atoms with Crippen LogP contribution in [0.25, 0.3) is 10.2 Å². The van der Waals surface area contributed by atoms with Gasteiger partial charge in [0.15, 0.2) is 5.13 Å². The first-order valence-corrected chi connectivity index (χ1v) is 10.5. The van der Waals surface area contributed by atoms with Crippen molar-refractivity contribution in [2.24, 2.45) is 0 Å². The fourth-order valence-corrected chi connectivity index (χ4v) is 4.42. The number of anilines is 1. The molecule has 0 aliphatic carbocycles. The normalized spacial score (nSPS) is 15.9. The van der Waals surface area contributed by atoms with Gasteiger partial charge in [0.1, 0.15) is 17.2 Å². The lowest BCUT2D eigenvalue weighted by Gasteiger charge is -2.23. The number of methoxy groups -OCH3 is 3. The number of amides is 1. The van der Waals surface area contributed by atoms with Crippen LogP contribution in [0.1, 0.15) is 23.2 Å². The first-order chi connectivity index (χ1) is 14.6. The number of hydrogen-bond donors (Lipinski definition) is 0. The highest BCUT2D eigenvalue weighted by Crippen LogP contribution is 2.33. The summed E-state index contributed by atoms with van der Waals surface area (Å²) in [6.45, 7) is 1.16. The lowest BCUT2D eigenvalue weighted by molar-refractivity contribution is 0.0917. The molecule has 2 aromatic carbocycles. The van der Waals surface area contributed by atoms with E-state index in [1.165, 1.54) is 11.3 Å². The molecule has 8 heteroatoms. The van der Waals surface area contributed by atoms with Crippen LogP contribution in [-0.4, -0.2) is 51.5 Å². The fraction of sp³-hybridized carbons (Fsp3) is 0.364. The molecule has 1 fully saturated rings. The van der Waals surface area contributed by atoms with Crippen LogP contribution in [0.2, 0.25) is 0 Å². The molecule has 0 radical (unpaired) electrons. The Balaban J connectivity index is 1.73. The van der Waals surface area contributed by atoms with E-state index in [0.717, 1.165) is 35.4 Å². The van der Waals surface area contributed by atoms with Crippen molar-refractivity contribution in [2.45, 2.75) is 18.9 Å². The number of hydrogen-bond acceptors (Lipinski definition) is 7. The Kier molecular flexibility index (Phi) is 6.06. The standard InChI is InChI=1S/C22H24N2O5S/c1-26-15-6-7-20-19(12-15)23-22(30-20)24(13-16-5-4-8-29-16)21(25)14-9-17(27-2)11-18(10-14)28-3/h6-7,9-12,16H,4-5,8,13H2,1-3H3. The zero-order chi connectivity index (χ0) is 21.1. The quantitative estimate of drug-likeness (QED) is 0.563. The van der Waals surface area contributed by atoms with Crippen molar-refractivity contribution in [3.05, 3.63) is 42.0 Å². The second-order valence-electron chi connectivity index (χ2n) is 6.98. The van der Waals surface area contributed by atoms with Crippen molar-refractivity contribution in [1.82, 2.24) is 4.98 Å². The predicted molar refractivity (Wildman–Crippen MR) is 116 cm³/mol. The van der Waals surface area contributed by atoms with Crippen LogP contribution < -0.4 is 19.1 Å². The van der Waals surface area contributed by atoms with Crippen LogP contribution in [0.15, 0.2) is 36.4 Å². The number of rotatable bonds is 7. The van der Waals surface area contributed by atoms with Crippen LogP contribution in [0.3, 0.4) is 0 Å². The van der Waals surface area contributed by atoms with Crippen molar-refractivity contribution >= 4 is 32.6 Å². The van der Waals surface area contributed by atoms with Crippen molar-refractivity contribution in [3.63, 3.8) is 0 Å². The number of benzene rings is 2. The number of carbonyl (C=O) groups excluding carboxylic acids is 1. The number of carbonyl (C=O) groups is 1. The maximum atomic E-state index is 13.6. The van der Waals surface area contributed by atoms with Crippen molar-refractivity contribution in [3.8, 4) is 17.2 Å². The second-order valence-corrected chi connectivity index (χ2v) is 7.99. The van der Waals surface area contributed by atoms with Gasteiger partial charge >= 0.3 is 0 Å². The van der Waals surface area contributed by atoms with Crippen molar-refractivity contribution in [2.75, 3.05) is 39.4 Å². The summed E-state index contributed by atoms with van der Waals surface area (Å²) in [6.07, 6.45) is 1.91. The summed E-state index contributed by atoms with van der Waals surface area (Å²) >= 11 is 1.47. The van der Waals surface area contributed by atoms with Gasteiger partial charge in [-0.25, -0.2) is 4.98 Å². The maximum Gasteiger partial charge on any atom is 0.260 e. The first-order valence-electron chi connectivity index (χ1n) is 9.72. The Morgan fingerprint density at radius 1 is 1.10 bits per heavy atom. The molecule has 1 aliphatic rings. The van der Waals surface area contributed by atoms with E-state index >= 15 is 0 Å². The van der Waals surface area contributed by atoms with E-state index in [4.69, 9.17) is 23.9 Å². The van der Waals surface area contributed by atoms with E-state index in [2.05, 4.69) is 0 Å². The minimum absolute atomic E-state index is 0.0111. The van der Waals surface area contributed by atoms with E-state index in [1.807, 2.05) is 18.2 Å². The average Bonchev–Trinajstić information content (AvgIpc) is 3.45. The predicted octanol–water partition coefficient (Wildman–Crippen LogP) is 4.15. The number of aromatic nitrogens is 1. The highest BCUT2D eigenvalue weighted by atomic mass is 32.1. The molecule has 30 heavy (non-hydrogen) atoms. The number of ether oxygens (including phenoxy) is 4. The SMILES string of the molecule is COc1cc(OC)cc(C(=O)N(CC2CCCO2)c2nc3cc(OC)ccc3s2)c1. The van der Waals surface area contributed by atoms with Gasteiger partial charge in [-0.2, -0.15) is 0 Å². The Bertz CT molecular complexity index is 1020. The number of thiazole rings is 1. The van der Waals surface area contributed by atoms with E-state index < -0.39 is 0 Å². The monoisotopic (exact) mass is 428 g/mol. The highest BCUT2D eigenvalue weighted by molar-refractivity contribution is 7.22. The van der Waals surface area contributed by atoms with Crippen LogP contribution in [0.4, 0.5) is 5.13 Å². The molecule has 0 N–H and O–H groups in total. The van der Waals surface area contributed by atoms with Gasteiger partial charge in [-0.15, -0.1) is 0 Å². The minimum Gasteiger partial charge on any atom is -0.497 e. The van der Waals surface area contributed by atoms with E-state index in [0.29, 0.717) is 28.7 Å². The maximum absolute atomic E-state index is 13.6. The summed E-state index contributed by atoms with van der Waals surface area (Å²) in [5.74, 6) is 1.68. The van der Waals surface area contributed by atoms with Crippen molar-refractivity contribution < 1.29 is 23.7 Å². The summed E-state index contributed by atoms with van der Waals surface area (Å²) in [4.78, 5) is 20.0. The molecule has 4 rings (SSSR count). The molecule has 1 unspecified atom stereocenters. The molecule has 1 saturated heterocycles. The van der Waals surface area contributed by atoms with Gasteiger partial charge in [-0.1, -0.05) is 11.3 Å². The molecule has 7 nitrogen and oxygen atoms in total. The van der Waals surface area contributed by atoms with Gasteiger partial charge in [-0.05, 0) is 37.1 Å². The second kappa shape index (κ2) is 8.89. The summed E-state index contributed by atoms with van der Waals surface area (Å²) < 4.78 is 22.8.